The molecule has 0 bridgehead atoms. The molecule has 0 radical (unpaired) electrons. The molecule has 3 aromatic rings. The molecule has 26 heavy (non-hydrogen) atoms. The second-order valence-electron chi connectivity index (χ2n) is 5.95. The normalized spacial score (nSPS) is 15.6. The SMILES string of the molecule is CC1Oc2c(cccc2C(=O)Nc2cccc(-c3cn[nH]c3)c2)NC1=O. The van der Waals surface area contributed by atoms with Crippen LogP contribution in [0.15, 0.2) is 54.9 Å². The van der Waals surface area contributed by atoms with Crippen molar-refractivity contribution < 1.29 is 14.3 Å². The van der Waals surface area contributed by atoms with Crippen LogP contribution >= 0.6 is 0 Å². The Hall–Kier alpha value is -3.61. The van der Waals surface area contributed by atoms with Gasteiger partial charge in [-0.2, -0.15) is 5.10 Å². The lowest BCUT2D eigenvalue weighted by Crippen LogP contribution is -2.35. The van der Waals surface area contributed by atoms with Crippen LogP contribution in [-0.4, -0.2) is 28.1 Å². The molecule has 1 aromatic heterocycles. The third-order valence-corrected chi connectivity index (χ3v) is 4.13. The predicted octanol–water partition coefficient (Wildman–Crippen LogP) is 3.05. The molecule has 2 heterocycles. The Bertz CT molecular complexity index is 982. The van der Waals surface area contributed by atoms with Crippen molar-refractivity contribution in [3.8, 4) is 16.9 Å². The molecule has 0 spiro atoms. The number of nitrogens with one attached hydrogen (secondary N) is 3. The molecule has 2 amide bonds. The van der Waals surface area contributed by atoms with Crippen LogP contribution in [0.4, 0.5) is 11.4 Å². The minimum Gasteiger partial charge on any atom is -0.478 e. The summed E-state index contributed by atoms with van der Waals surface area (Å²) in [5.41, 5.74) is 3.37. The van der Waals surface area contributed by atoms with Gasteiger partial charge < -0.3 is 15.4 Å². The molecule has 7 heteroatoms. The van der Waals surface area contributed by atoms with E-state index in [-0.39, 0.29) is 11.8 Å². The van der Waals surface area contributed by atoms with Crippen LogP contribution < -0.4 is 15.4 Å². The first-order chi connectivity index (χ1) is 12.6. The highest BCUT2D eigenvalue weighted by Gasteiger charge is 2.27. The number of nitrogens with zero attached hydrogens (tertiary/aromatic N) is 1. The van der Waals surface area contributed by atoms with Gasteiger partial charge in [0.1, 0.15) is 0 Å². The van der Waals surface area contributed by atoms with Crippen LogP contribution in [-0.2, 0) is 4.79 Å². The molecule has 130 valence electrons. The summed E-state index contributed by atoms with van der Waals surface area (Å²) in [5.74, 6) is -0.166. The number of carbonyl (C=O) groups is 2. The first-order valence-electron chi connectivity index (χ1n) is 8.13. The van der Waals surface area contributed by atoms with E-state index in [9.17, 15) is 9.59 Å². The average molecular weight is 348 g/mol. The van der Waals surface area contributed by atoms with Crippen molar-refractivity contribution in [2.24, 2.45) is 0 Å². The maximum Gasteiger partial charge on any atom is 0.265 e. The number of carbonyl (C=O) groups excluding carboxylic acids is 2. The summed E-state index contributed by atoms with van der Waals surface area (Å²) in [4.78, 5) is 24.5. The lowest BCUT2D eigenvalue weighted by Gasteiger charge is -2.25. The van der Waals surface area contributed by atoms with E-state index in [1.165, 1.54) is 0 Å². The Morgan fingerprint density at radius 2 is 2.04 bits per heavy atom. The van der Waals surface area contributed by atoms with Gasteiger partial charge in [-0.05, 0) is 36.8 Å². The number of hydrogen-bond donors (Lipinski definition) is 3. The maximum absolute atomic E-state index is 12.7. The molecule has 4 rings (SSSR count). The zero-order chi connectivity index (χ0) is 18.1. The van der Waals surface area contributed by atoms with Crippen molar-refractivity contribution in [3.05, 3.63) is 60.4 Å². The molecule has 0 saturated carbocycles. The van der Waals surface area contributed by atoms with E-state index in [0.29, 0.717) is 22.7 Å². The quantitative estimate of drug-likeness (QED) is 0.678. The number of amides is 2. The molecule has 3 N–H and O–H groups in total. The Labute approximate surface area is 149 Å². The fraction of sp³-hybridized carbons (Fsp3) is 0.105. The van der Waals surface area contributed by atoms with Gasteiger partial charge in [0.05, 0.1) is 17.4 Å². The zero-order valence-corrected chi connectivity index (χ0v) is 13.9. The second kappa shape index (κ2) is 6.36. The molecule has 0 fully saturated rings. The molecule has 0 aliphatic carbocycles. The van der Waals surface area contributed by atoms with E-state index in [1.54, 1.807) is 37.5 Å². The third kappa shape index (κ3) is 2.90. The number of anilines is 2. The Kier molecular flexibility index (Phi) is 3.89. The van der Waals surface area contributed by atoms with Crippen LogP contribution in [0.1, 0.15) is 17.3 Å². The smallest absolute Gasteiger partial charge is 0.265 e. The van der Waals surface area contributed by atoms with Gasteiger partial charge in [-0.1, -0.05) is 18.2 Å². The van der Waals surface area contributed by atoms with Crippen LogP contribution in [0.2, 0.25) is 0 Å². The fourth-order valence-electron chi connectivity index (χ4n) is 2.79. The number of para-hydroxylation sites is 1. The Balaban J connectivity index is 1.61. The Morgan fingerprint density at radius 1 is 1.19 bits per heavy atom. The minimum atomic E-state index is -0.652. The van der Waals surface area contributed by atoms with Crippen molar-refractivity contribution >= 4 is 23.2 Å². The summed E-state index contributed by atoms with van der Waals surface area (Å²) >= 11 is 0. The zero-order valence-electron chi connectivity index (χ0n) is 13.9. The number of aromatic nitrogens is 2. The van der Waals surface area contributed by atoms with Crippen molar-refractivity contribution in [1.29, 1.82) is 0 Å². The number of aromatic amines is 1. The molecule has 1 aliphatic rings. The first-order valence-corrected chi connectivity index (χ1v) is 8.13. The number of ether oxygens (including phenoxy) is 1. The molecular weight excluding hydrogens is 332 g/mol. The van der Waals surface area contributed by atoms with Gasteiger partial charge in [-0.15, -0.1) is 0 Å². The molecule has 1 atom stereocenters. The molecular formula is C19H16N4O3. The van der Waals surface area contributed by atoms with Gasteiger partial charge in [-0.3, -0.25) is 14.7 Å². The van der Waals surface area contributed by atoms with Gasteiger partial charge in [0, 0.05) is 17.4 Å². The van der Waals surface area contributed by atoms with E-state index in [2.05, 4.69) is 20.8 Å². The average Bonchev–Trinajstić information content (AvgIpc) is 3.17. The number of fused-ring (bicyclic) bond motifs is 1. The van der Waals surface area contributed by atoms with Crippen molar-refractivity contribution in [3.63, 3.8) is 0 Å². The van der Waals surface area contributed by atoms with Crippen molar-refractivity contribution in [2.75, 3.05) is 10.6 Å². The standard InChI is InChI=1S/C19H16N4O3/c1-11-18(24)23-16-7-3-6-15(17(16)26-11)19(25)22-14-5-2-4-12(8-14)13-9-20-21-10-13/h2-11H,1H3,(H,20,21)(H,22,25)(H,23,24). The van der Waals surface area contributed by atoms with Gasteiger partial charge in [-0.25, -0.2) is 0 Å². The van der Waals surface area contributed by atoms with Gasteiger partial charge in [0.25, 0.3) is 11.8 Å². The largest absolute Gasteiger partial charge is 0.478 e. The maximum atomic E-state index is 12.7. The van der Waals surface area contributed by atoms with E-state index < -0.39 is 6.10 Å². The molecule has 2 aromatic carbocycles. The number of benzene rings is 2. The van der Waals surface area contributed by atoms with E-state index >= 15 is 0 Å². The summed E-state index contributed by atoms with van der Waals surface area (Å²) in [6.07, 6.45) is 2.85. The summed E-state index contributed by atoms with van der Waals surface area (Å²) in [7, 11) is 0. The van der Waals surface area contributed by atoms with Crippen LogP contribution in [0, 0.1) is 0 Å². The summed E-state index contributed by atoms with van der Waals surface area (Å²) in [6, 6.07) is 12.5. The lowest BCUT2D eigenvalue weighted by molar-refractivity contribution is -0.122. The highest BCUT2D eigenvalue weighted by molar-refractivity contribution is 6.09. The van der Waals surface area contributed by atoms with E-state index in [1.807, 2.05) is 24.3 Å². The summed E-state index contributed by atoms with van der Waals surface area (Å²) in [6.45, 7) is 1.64. The number of H-pyrrole nitrogens is 1. The van der Waals surface area contributed by atoms with E-state index in [0.717, 1.165) is 11.1 Å². The van der Waals surface area contributed by atoms with Crippen LogP contribution in [0.25, 0.3) is 11.1 Å². The fourth-order valence-corrected chi connectivity index (χ4v) is 2.79. The van der Waals surface area contributed by atoms with Gasteiger partial charge >= 0.3 is 0 Å². The number of rotatable bonds is 3. The second-order valence-corrected chi connectivity index (χ2v) is 5.95. The van der Waals surface area contributed by atoms with E-state index in [4.69, 9.17) is 4.74 Å². The minimum absolute atomic E-state index is 0.233. The van der Waals surface area contributed by atoms with Crippen LogP contribution in [0.5, 0.6) is 5.75 Å². The highest BCUT2D eigenvalue weighted by atomic mass is 16.5. The lowest BCUT2D eigenvalue weighted by atomic mass is 10.1. The molecule has 1 aliphatic heterocycles. The topological polar surface area (TPSA) is 96.1 Å². The molecule has 0 saturated heterocycles. The first kappa shape index (κ1) is 15.9. The van der Waals surface area contributed by atoms with Crippen LogP contribution in [0.3, 0.4) is 0 Å². The predicted molar refractivity (Wildman–Crippen MR) is 97.1 cm³/mol. The summed E-state index contributed by atoms with van der Waals surface area (Å²) in [5, 5.41) is 12.3. The van der Waals surface area contributed by atoms with Crippen molar-refractivity contribution in [2.45, 2.75) is 13.0 Å². The van der Waals surface area contributed by atoms with Gasteiger partial charge in [0.15, 0.2) is 11.9 Å². The highest BCUT2D eigenvalue weighted by Crippen LogP contribution is 2.34. The van der Waals surface area contributed by atoms with Gasteiger partial charge in [0.2, 0.25) is 0 Å². The van der Waals surface area contributed by atoms with Crippen molar-refractivity contribution in [1.82, 2.24) is 10.2 Å². The number of hydrogen-bond acceptors (Lipinski definition) is 4. The summed E-state index contributed by atoms with van der Waals surface area (Å²) < 4.78 is 5.63. The molecule has 1 unspecified atom stereocenters. The Morgan fingerprint density at radius 3 is 2.85 bits per heavy atom. The molecule has 7 nitrogen and oxygen atoms in total. The monoisotopic (exact) mass is 348 g/mol. The third-order valence-electron chi connectivity index (χ3n) is 4.13.